The zero-order valence-corrected chi connectivity index (χ0v) is 8.78. The van der Waals surface area contributed by atoms with Gasteiger partial charge in [0.2, 0.25) is 0 Å². The number of aliphatic hydroxyl groups is 1. The molecule has 1 rings (SSSR count). The van der Waals surface area contributed by atoms with Gasteiger partial charge in [-0.05, 0) is 37.8 Å². The lowest BCUT2D eigenvalue weighted by Gasteiger charge is -2.18. The highest BCUT2D eigenvalue weighted by Gasteiger charge is 2.17. The van der Waals surface area contributed by atoms with Gasteiger partial charge in [0.25, 0.3) is 0 Å². The van der Waals surface area contributed by atoms with Gasteiger partial charge in [-0.3, -0.25) is 0 Å². The first kappa shape index (κ1) is 10.5. The van der Waals surface area contributed by atoms with Crippen LogP contribution in [0.3, 0.4) is 0 Å². The highest BCUT2D eigenvalue weighted by Crippen LogP contribution is 2.26. The topological polar surface area (TPSA) is 20.2 Å². The average Bonchev–Trinajstić information content (AvgIpc) is 2.03. The zero-order valence-electron chi connectivity index (χ0n) is 7.97. The Labute approximate surface area is 82.0 Å². The molecular formula is C10H13FOS. The highest BCUT2D eigenvalue weighted by atomic mass is 32.2. The molecule has 0 fully saturated rings. The fraction of sp³-hybridized carbons (Fsp3) is 0.400. The lowest BCUT2D eigenvalue weighted by molar-refractivity contribution is 0.0783. The van der Waals surface area contributed by atoms with Crippen molar-refractivity contribution in [3.05, 3.63) is 29.6 Å². The van der Waals surface area contributed by atoms with Gasteiger partial charge >= 0.3 is 0 Å². The second-order valence-electron chi connectivity index (χ2n) is 3.41. The van der Waals surface area contributed by atoms with Gasteiger partial charge in [-0.1, -0.05) is 6.07 Å². The molecule has 0 spiro atoms. The van der Waals surface area contributed by atoms with E-state index in [2.05, 4.69) is 0 Å². The summed E-state index contributed by atoms with van der Waals surface area (Å²) in [6, 6.07) is 4.67. The minimum atomic E-state index is -0.905. The van der Waals surface area contributed by atoms with Crippen LogP contribution in [-0.4, -0.2) is 11.4 Å². The second kappa shape index (κ2) is 3.68. The Morgan fingerprint density at radius 3 is 2.46 bits per heavy atom. The van der Waals surface area contributed by atoms with Gasteiger partial charge in [0.05, 0.1) is 5.60 Å². The first-order valence-corrected chi connectivity index (χ1v) is 5.24. The van der Waals surface area contributed by atoms with Crippen LogP contribution in [0.25, 0.3) is 0 Å². The Bertz CT molecular complexity index is 304. The van der Waals surface area contributed by atoms with Gasteiger partial charge in [-0.2, -0.15) is 0 Å². The largest absolute Gasteiger partial charge is 0.386 e. The molecule has 3 heteroatoms. The Kier molecular flexibility index (Phi) is 2.98. The molecule has 0 saturated heterocycles. The molecule has 72 valence electrons. The van der Waals surface area contributed by atoms with Crippen LogP contribution in [0, 0.1) is 5.82 Å². The van der Waals surface area contributed by atoms with Crippen molar-refractivity contribution in [2.75, 3.05) is 6.26 Å². The summed E-state index contributed by atoms with van der Waals surface area (Å²) in [5.74, 6) is -0.236. The van der Waals surface area contributed by atoms with Crippen LogP contribution in [0.1, 0.15) is 19.4 Å². The molecule has 1 nitrogen and oxygen atoms in total. The van der Waals surface area contributed by atoms with Gasteiger partial charge in [-0.25, -0.2) is 4.39 Å². The monoisotopic (exact) mass is 200 g/mol. The van der Waals surface area contributed by atoms with Crippen LogP contribution in [0.15, 0.2) is 23.1 Å². The molecule has 0 aliphatic rings. The third-order valence-electron chi connectivity index (χ3n) is 1.86. The molecule has 0 saturated carbocycles. The van der Waals surface area contributed by atoms with E-state index in [0.29, 0.717) is 4.90 Å². The fourth-order valence-corrected chi connectivity index (χ4v) is 1.55. The quantitative estimate of drug-likeness (QED) is 0.741. The third kappa shape index (κ3) is 2.45. The molecule has 0 unspecified atom stereocenters. The number of hydrogen-bond acceptors (Lipinski definition) is 2. The molecule has 0 aromatic heterocycles. The zero-order chi connectivity index (χ0) is 10.1. The summed E-state index contributed by atoms with van der Waals surface area (Å²) in [4.78, 5) is 0.569. The van der Waals surface area contributed by atoms with E-state index < -0.39 is 5.60 Å². The SMILES string of the molecule is CSc1cc(C(C)(C)O)ccc1F. The third-order valence-corrected chi connectivity index (χ3v) is 2.61. The summed E-state index contributed by atoms with van der Waals surface area (Å²) >= 11 is 1.34. The van der Waals surface area contributed by atoms with Crippen molar-refractivity contribution in [3.63, 3.8) is 0 Å². The maximum atomic E-state index is 13.1. The standard InChI is InChI=1S/C10H13FOS/c1-10(2,12)7-4-5-8(11)9(6-7)13-3/h4-6,12H,1-3H3. The van der Waals surface area contributed by atoms with Crippen LogP contribution in [-0.2, 0) is 5.60 Å². The van der Waals surface area contributed by atoms with E-state index in [0.717, 1.165) is 5.56 Å². The number of thioether (sulfide) groups is 1. The van der Waals surface area contributed by atoms with Gasteiger partial charge in [0.1, 0.15) is 5.82 Å². The predicted molar refractivity (Wildman–Crippen MR) is 53.4 cm³/mol. The van der Waals surface area contributed by atoms with Gasteiger partial charge < -0.3 is 5.11 Å². The molecule has 1 aromatic carbocycles. The van der Waals surface area contributed by atoms with E-state index in [1.807, 2.05) is 6.26 Å². The van der Waals surface area contributed by atoms with Crippen molar-refractivity contribution in [2.24, 2.45) is 0 Å². The van der Waals surface area contributed by atoms with E-state index >= 15 is 0 Å². The predicted octanol–water partition coefficient (Wildman–Crippen LogP) is 2.78. The smallest absolute Gasteiger partial charge is 0.136 e. The van der Waals surface area contributed by atoms with Crippen LogP contribution in [0.5, 0.6) is 0 Å². The van der Waals surface area contributed by atoms with Crippen molar-refractivity contribution >= 4 is 11.8 Å². The Morgan fingerprint density at radius 1 is 1.38 bits per heavy atom. The fourth-order valence-electron chi connectivity index (χ4n) is 1.04. The van der Waals surface area contributed by atoms with Crippen LogP contribution < -0.4 is 0 Å². The first-order chi connectivity index (χ1) is 5.95. The molecule has 13 heavy (non-hydrogen) atoms. The van der Waals surface area contributed by atoms with Crippen LogP contribution in [0.2, 0.25) is 0 Å². The molecule has 0 heterocycles. The lowest BCUT2D eigenvalue weighted by Crippen LogP contribution is -2.15. The first-order valence-electron chi connectivity index (χ1n) is 4.01. The summed E-state index contributed by atoms with van der Waals surface area (Å²) in [5.41, 5.74) is -0.170. The number of rotatable bonds is 2. The van der Waals surface area contributed by atoms with Crippen molar-refractivity contribution in [3.8, 4) is 0 Å². The number of halogens is 1. The Hall–Kier alpha value is -0.540. The van der Waals surface area contributed by atoms with Crippen molar-refractivity contribution in [1.82, 2.24) is 0 Å². The average molecular weight is 200 g/mol. The summed E-state index contributed by atoms with van der Waals surface area (Å²) in [6.45, 7) is 3.37. The summed E-state index contributed by atoms with van der Waals surface area (Å²) in [5, 5.41) is 9.67. The molecule has 0 bridgehead atoms. The summed E-state index contributed by atoms with van der Waals surface area (Å²) in [7, 11) is 0. The van der Waals surface area contributed by atoms with E-state index in [-0.39, 0.29) is 5.82 Å². The summed E-state index contributed by atoms with van der Waals surface area (Å²) in [6.07, 6.45) is 1.81. The van der Waals surface area contributed by atoms with Crippen LogP contribution in [0.4, 0.5) is 4.39 Å². The molecule has 0 radical (unpaired) electrons. The normalized spacial score (nSPS) is 11.8. The van der Waals surface area contributed by atoms with Gasteiger partial charge in [-0.15, -0.1) is 11.8 Å². The molecular weight excluding hydrogens is 187 g/mol. The maximum absolute atomic E-state index is 13.1. The van der Waals surface area contributed by atoms with Crippen molar-refractivity contribution in [2.45, 2.75) is 24.3 Å². The second-order valence-corrected chi connectivity index (χ2v) is 4.26. The molecule has 0 aliphatic carbocycles. The van der Waals surface area contributed by atoms with E-state index in [1.165, 1.54) is 17.8 Å². The Balaban J connectivity index is 3.14. The minimum absolute atomic E-state index is 0.236. The van der Waals surface area contributed by atoms with E-state index in [4.69, 9.17) is 0 Å². The number of benzene rings is 1. The van der Waals surface area contributed by atoms with Crippen molar-refractivity contribution < 1.29 is 9.50 Å². The maximum Gasteiger partial charge on any atom is 0.136 e. The molecule has 0 amide bonds. The van der Waals surface area contributed by atoms with Crippen LogP contribution >= 0.6 is 11.8 Å². The lowest BCUT2D eigenvalue weighted by atomic mass is 9.99. The molecule has 1 aromatic rings. The molecule has 1 N–H and O–H groups in total. The highest BCUT2D eigenvalue weighted by molar-refractivity contribution is 7.98. The minimum Gasteiger partial charge on any atom is -0.386 e. The number of hydrogen-bond donors (Lipinski definition) is 1. The van der Waals surface area contributed by atoms with Crippen molar-refractivity contribution in [1.29, 1.82) is 0 Å². The molecule has 0 atom stereocenters. The van der Waals surface area contributed by atoms with E-state index in [1.54, 1.807) is 26.0 Å². The Morgan fingerprint density at radius 2 is 2.00 bits per heavy atom. The van der Waals surface area contributed by atoms with Gasteiger partial charge in [0, 0.05) is 4.90 Å². The van der Waals surface area contributed by atoms with Gasteiger partial charge in [0.15, 0.2) is 0 Å². The molecule has 0 aliphatic heterocycles. The summed E-state index contributed by atoms with van der Waals surface area (Å²) < 4.78 is 13.1. The van der Waals surface area contributed by atoms with E-state index in [9.17, 15) is 9.50 Å².